The molecule has 0 atom stereocenters. The minimum atomic E-state index is -1.95. The van der Waals surface area contributed by atoms with Crippen LogP contribution in [0.2, 0.25) is 51.4 Å². The van der Waals surface area contributed by atoms with Gasteiger partial charge >= 0.3 is 0 Å². The van der Waals surface area contributed by atoms with Crippen LogP contribution in [0.3, 0.4) is 0 Å². The Morgan fingerprint density at radius 3 is 1.06 bits per heavy atom. The van der Waals surface area contributed by atoms with Crippen molar-refractivity contribution in [1.29, 1.82) is 0 Å². The maximum atomic E-state index is 6.70. The Kier molecular flexibility index (Phi) is 21.3. The lowest BCUT2D eigenvalue weighted by Gasteiger charge is -2.38. The molecule has 0 heterocycles. The summed E-state index contributed by atoms with van der Waals surface area (Å²) < 4.78 is 19.8. The molecule has 3 nitrogen and oxygen atoms in total. The van der Waals surface area contributed by atoms with Gasteiger partial charge < -0.3 is 13.9 Å². The Labute approximate surface area is 434 Å². The fourth-order valence-electron chi connectivity index (χ4n) is 9.91. The zero-order valence-corrected chi connectivity index (χ0v) is 51.8. The fourth-order valence-corrected chi connectivity index (χ4v) is 21.4. The number of hydrogen-bond acceptors (Lipinski definition) is 3. The molecular formula is C64H96O3Si3. The minimum absolute atomic E-state index is 0.0793. The smallest absolute Gasteiger partial charge is 0.191 e. The quantitative estimate of drug-likeness (QED) is 0.0863. The predicted octanol–water partition coefficient (Wildman–Crippen LogP) is 17.8. The second-order valence-corrected chi connectivity index (χ2v) is 41.4. The van der Waals surface area contributed by atoms with Crippen LogP contribution in [0.4, 0.5) is 0 Å². The van der Waals surface area contributed by atoms with Crippen LogP contribution in [0.1, 0.15) is 210 Å². The summed E-state index contributed by atoms with van der Waals surface area (Å²) in [5, 5.41) is 0.138. The summed E-state index contributed by atoms with van der Waals surface area (Å²) in [6.45, 7) is 57.3. The van der Waals surface area contributed by atoms with Gasteiger partial charge in [-0.3, -0.25) is 0 Å². The van der Waals surface area contributed by atoms with Crippen molar-refractivity contribution in [2.45, 2.75) is 227 Å². The zero-order chi connectivity index (χ0) is 53.2. The summed E-state index contributed by atoms with van der Waals surface area (Å²) in [7, 11) is -5.79. The lowest BCUT2D eigenvalue weighted by molar-refractivity contribution is 0.233. The lowest BCUT2D eigenvalue weighted by Crippen LogP contribution is -2.43. The Morgan fingerprint density at radius 2 is 0.757 bits per heavy atom. The minimum Gasteiger partial charge on any atom is -0.492 e. The molecule has 0 aliphatic heterocycles. The van der Waals surface area contributed by atoms with Crippen molar-refractivity contribution in [3.63, 3.8) is 0 Å². The van der Waals surface area contributed by atoms with Crippen LogP contribution in [-0.2, 0) is 15.3 Å². The standard InChI is InChI=1S/C64H96O3Si3/c1-25-33-65-60-44-57(30-28-53-39-55(43-59(41-53)63(17,18)19)32-37-70(49(8)9,50(10)11)51(12)13)61(66-34-26-35-67-68(23,24)64(20,21)22)45-56(60)29-27-52-38-54(42-58(40-52)62(14,15)16)31-36-69(46(2)3,47(4)5)48(6)7/h38-51H,25-26,33-35H2,1-24H3. The highest BCUT2D eigenvalue weighted by atomic mass is 28.4. The van der Waals surface area contributed by atoms with Crippen molar-refractivity contribution in [3.8, 4) is 58.1 Å². The van der Waals surface area contributed by atoms with Crippen LogP contribution in [-0.4, -0.2) is 44.3 Å². The van der Waals surface area contributed by atoms with E-state index in [9.17, 15) is 0 Å². The maximum Gasteiger partial charge on any atom is 0.191 e. The van der Waals surface area contributed by atoms with E-state index in [0.29, 0.717) is 64.6 Å². The first-order chi connectivity index (χ1) is 32.2. The van der Waals surface area contributed by atoms with Crippen LogP contribution in [0, 0.1) is 46.6 Å². The van der Waals surface area contributed by atoms with Gasteiger partial charge in [-0.15, -0.1) is 11.1 Å². The second-order valence-electron chi connectivity index (χ2n) is 25.4. The molecule has 3 rings (SSSR count). The topological polar surface area (TPSA) is 27.7 Å². The van der Waals surface area contributed by atoms with E-state index in [2.05, 4.69) is 248 Å². The molecule has 70 heavy (non-hydrogen) atoms. The van der Waals surface area contributed by atoms with E-state index in [1.807, 2.05) is 12.1 Å². The molecule has 0 saturated carbocycles. The van der Waals surface area contributed by atoms with Crippen LogP contribution in [0.25, 0.3) is 0 Å². The molecule has 0 radical (unpaired) electrons. The third-order valence-corrected chi connectivity index (χ3v) is 32.3. The number of benzene rings is 3. The number of rotatable bonds is 15. The molecule has 0 aromatic heterocycles. The van der Waals surface area contributed by atoms with Gasteiger partial charge in [0.25, 0.3) is 0 Å². The average molecular weight is 998 g/mol. The van der Waals surface area contributed by atoms with E-state index in [4.69, 9.17) is 13.9 Å². The maximum absolute atomic E-state index is 6.70. The molecule has 0 bridgehead atoms. The summed E-state index contributed by atoms with van der Waals surface area (Å²) in [5.41, 5.74) is 19.0. The van der Waals surface area contributed by atoms with Gasteiger partial charge in [-0.05, 0) is 116 Å². The van der Waals surface area contributed by atoms with Crippen molar-refractivity contribution in [2.24, 2.45) is 0 Å². The van der Waals surface area contributed by atoms with Crippen molar-refractivity contribution < 1.29 is 13.9 Å². The molecule has 0 amide bonds. The van der Waals surface area contributed by atoms with E-state index in [1.54, 1.807) is 0 Å². The number of hydrogen-bond donors (Lipinski definition) is 0. The summed E-state index contributed by atoms with van der Waals surface area (Å²) in [4.78, 5) is 0. The predicted molar refractivity (Wildman–Crippen MR) is 314 cm³/mol. The second kappa shape index (κ2) is 24.7. The van der Waals surface area contributed by atoms with Gasteiger partial charge in [0, 0.05) is 47.4 Å². The highest BCUT2D eigenvalue weighted by Gasteiger charge is 2.43. The van der Waals surface area contributed by atoms with Crippen molar-refractivity contribution in [1.82, 2.24) is 0 Å². The first kappa shape index (κ1) is 60.4. The molecule has 382 valence electrons. The fraction of sp³-hybridized carbons (Fsp3) is 0.594. The van der Waals surface area contributed by atoms with E-state index in [-0.39, 0.29) is 15.9 Å². The molecule has 0 N–H and O–H groups in total. The summed E-state index contributed by atoms with van der Waals surface area (Å²) in [6, 6.07) is 17.4. The van der Waals surface area contributed by atoms with Crippen LogP contribution in [0.5, 0.6) is 11.5 Å². The molecular weight excluding hydrogens is 901 g/mol. The number of ether oxygens (including phenoxy) is 2. The third kappa shape index (κ3) is 15.6. The molecule has 0 fully saturated rings. The van der Waals surface area contributed by atoms with Gasteiger partial charge in [-0.25, -0.2) is 0 Å². The van der Waals surface area contributed by atoms with Crippen molar-refractivity contribution in [2.75, 3.05) is 19.8 Å². The monoisotopic (exact) mass is 997 g/mol. The average Bonchev–Trinajstić information content (AvgIpc) is 3.23. The highest BCUT2D eigenvalue weighted by Crippen LogP contribution is 2.42. The Morgan fingerprint density at radius 1 is 0.429 bits per heavy atom. The van der Waals surface area contributed by atoms with Gasteiger partial charge in [0.1, 0.15) is 27.6 Å². The summed E-state index contributed by atoms with van der Waals surface area (Å²) in [6.07, 6.45) is 1.62. The van der Waals surface area contributed by atoms with Crippen molar-refractivity contribution in [3.05, 3.63) is 93.0 Å². The Balaban J connectivity index is 2.34. The molecule has 0 spiro atoms. The van der Waals surface area contributed by atoms with Gasteiger partial charge in [0.15, 0.2) is 8.32 Å². The van der Waals surface area contributed by atoms with Crippen LogP contribution >= 0.6 is 0 Å². The zero-order valence-electron chi connectivity index (χ0n) is 48.8. The van der Waals surface area contributed by atoms with E-state index < -0.39 is 24.5 Å². The van der Waals surface area contributed by atoms with E-state index in [0.717, 1.165) is 46.2 Å². The van der Waals surface area contributed by atoms with Gasteiger partial charge in [0.05, 0.1) is 24.3 Å². The van der Waals surface area contributed by atoms with Gasteiger partial charge in [0.2, 0.25) is 0 Å². The normalized spacial score (nSPS) is 12.7. The van der Waals surface area contributed by atoms with E-state index >= 15 is 0 Å². The largest absolute Gasteiger partial charge is 0.492 e. The first-order valence-corrected chi connectivity index (χ1v) is 34.1. The lowest BCUT2D eigenvalue weighted by atomic mass is 9.85. The van der Waals surface area contributed by atoms with Gasteiger partial charge in [-0.1, -0.05) is 188 Å². The molecule has 0 saturated heterocycles. The molecule has 3 aromatic rings. The molecule has 0 aliphatic carbocycles. The molecule has 3 aromatic carbocycles. The highest BCUT2D eigenvalue weighted by molar-refractivity contribution is 6.91. The Hall–Kier alpha value is -3.89. The van der Waals surface area contributed by atoms with Crippen molar-refractivity contribution >= 4 is 24.5 Å². The van der Waals surface area contributed by atoms with Gasteiger partial charge in [-0.2, -0.15) is 0 Å². The molecule has 0 aliphatic rings. The van der Waals surface area contributed by atoms with Crippen LogP contribution < -0.4 is 9.47 Å². The molecule has 0 unspecified atom stereocenters. The SMILES string of the molecule is CCCOc1cc(C#Cc2cc(C#C[Si](C(C)C)(C(C)C)C(C)C)cc(C(C)(C)C)c2)c(OCCCO[Si](C)(C)C(C)(C)C)cc1C#Cc1cc(C#C[Si](C(C)C)(C(C)C)C(C)C)cc(C(C)(C)C)c1. The van der Waals surface area contributed by atoms with Crippen LogP contribution in [0.15, 0.2) is 48.5 Å². The molecule has 6 heteroatoms. The Bertz CT molecular complexity index is 2440. The third-order valence-electron chi connectivity index (χ3n) is 15.2. The summed E-state index contributed by atoms with van der Waals surface area (Å²) >= 11 is 0. The first-order valence-electron chi connectivity index (χ1n) is 26.7. The van der Waals surface area contributed by atoms with E-state index in [1.165, 1.54) is 11.1 Å². The summed E-state index contributed by atoms with van der Waals surface area (Å²) in [5.74, 6) is 23.1.